The van der Waals surface area contributed by atoms with Gasteiger partial charge in [-0.3, -0.25) is 4.98 Å². The van der Waals surface area contributed by atoms with Crippen molar-refractivity contribution in [3.05, 3.63) is 34.5 Å². The third kappa shape index (κ3) is 3.01. The Morgan fingerprint density at radius 2 is 2.46 bits per heavy atom. The van der Waals surface area contributed by atoms with E-state index in [1.807, 2.05) is 6.07 Å². The predicted molar refractivity (Wildman–Crippen MR) is 48.5 cm³/mol. The van der Waals surface area contributed by atoms with E-state index in [1.54, 1.807) is 19.5 Å². The molecule has 68 valence electrons. The largest absolute Gasteiger partial charge is 0.495 e. The maximum Gasteiger partial charge on any atom is 0.137 e. The normalized spacial score (nSPS) is 9.00. The van der Waals surface area contributed by atoms with E-state index in [4.69, 9.17) is 10.3 Å². The van der Waals surface area contributed by atoms with Crippen LogP contribution >= 0.6 is 0 Å². The lowest BCUT2D eigenvalue weighted by Gasteiger charge is -2.00. The van der Waals surface area contributed by atoms with E-state index in [1.165, 1.54) is 0 Å². The van der Waals surface area contributed by atoms with E-state index in [0.717, 1.165) is 11.3 Å². The van der Waals surface area contributed by atoms with Crippen LogP contribution < -0.4 is 4.74 Å². The minimum atomic E-state index is 0.450. The lowest BCUT2D eigenvalue weighted by molar-refractivity contribution is 0.412. The number of aromatic nitrogens is 1. The summed E-state index contributed by atoms with van der Waals surface area (Å²) in [5.74, 6) is 0.721. The second-order valence-corrected chi connectivity index (χ2v) is 2.44. The van der Waals surface area contributed by atoms with Gasteiger partial charge < -0.3 is 4.74 Å². The molecule has 0 aliphatic carbocycles. The van der Waals surface area contributed by atoms with Crippen LogP contribution in [0.1, 0.15) is 5.56 Å². The first kappa shape index (κ1) is 9.35. The molecule has 5 nitrogen and oxygen atoms in total. The summed E-state index contributed by atoms with van der Waals surface area (Å²) in [5, 5.41) is 3.43. The molecule has 1 rings (SSSR count). The highest BCUT2D eigenvalue weighted by Crippen LogP contribution is 2.10. The van der Waals surface area contributed by atoms with Crippen LogP contribution in [0.3, 0.4) is 0 Å². The van der Waals surface area contributed by atoms with Crippen LogP contribution in [-0.4, -0.2) is 18.6 Å². The second kappa shape index (κ2) is 5.00. The van der Waals surface area contributed by atoms with Crippen molar-refractivity contribution >= 4 is 0 Å². The summed E-state index contributed by atoms with van der Waals surface area (Å²) in [6, 6.07) is 1.87. The van der Waals surface area contributed by atoms with E-state index in [9.17, 15) is 0 Å². The monoisotopic (exact) mass is 178 g/mol. The fraction of sp³-hybridized carbons (Fsp3) is 0.375. The van der Waals surface area contributed by atoms with Gasteiger partial charge >= 0.3 is 0 Å². The Morgan fingerprint density at radius 1 is 1.62 bits per heavy atom. The van der Waals surface area contributed by atoms with Gasteiger partial charge in [0.1, 0.15) is 5.75 Å². The predicted octanol–water partition coefficient (Wildman–Crippen LogP) is 1.94. The number of hydrogen-bond acceptors (Lipinski definition) is 3. The molecule has 5 heteroatoms. The fourth-order valence-electron chi connectivity index (χ4n) is 0.936. The molecule has 1 aromatic heterocycles. The van der Waals surface area contributed by atoms with Gasteiger partial charge in [0.15, 0.2) is 0 Å². The van der Waals surface area contributed by atoms with Gasteiger partial charge in [0.25, 0.3) is 0 Å². The number of methoxy groups -OCH3 is 1. The molecule has 1 aromatic rings. The summed E-state index contributed by atoms with van der Waals surface area (Å²) >= 11 is 0. The van der Waals surface area contributed by atoms with Crippen LogP contribution in [-0.2, 0) is 6.42 Å². The first-order valence-corrected chi connectivity index (χ1v) is 3.85. The van der Waals surface area contributed by atoms with E-state index in [-0.39, 0.29) is 0 Å². The molecule has 0 radical (unpaired) electrons. The van der Waals surface area contributed by atoms with E-state index >= 15 is 0 Å². The average molecular weight is 178 g/mol. The quantitative estimate of drug-likeness (QED) is 0.401. The van der Waals surface area contributed by atoms with E-state index in [2.05, 4.69) is 15.0 Å². The number of azide groups is 1. The summed E-state index contributed by atoms with van der Waals surface area (Å²) in [6.07, 6.45) is 4.06. The van der Waals surface area contributed by atoms with Crippen LogP contribution in [0.4, 0.5) is 0 Å². The maximum atomic E-state index is 8.06. The molecule has 13 heavy (non-hydrogen) atoms. The van der Waals surface area contributed by atoms with Gasteiger partial charge in [0.2, 0.25) is 0 Å². The maximum absolute atomic E-state index is 8.06. The molecule has 0 atom stereocenters. The molecule has 0 fully saturated rings. The highest BCUT2D eigenvalue weighted by molar-refractivity contribution is 5.23. The average Bonchev–Trinajstić information content (AvgIpc) is 2.19. The van der Waals surface area contributed by atoms with Crippen molar-refractivity contribution in [1.29, 1.82) is 0 Å². The molecule has 0 aromatic carbocycles. The van der Waals surface area contributed by atoms with Gasteiger partial charge in [0, 0.05) is 17.7 Å². The van der Waals surface area contributed by atoms with Gasteiger partial charge in [0.05, 0.1) is 13.3 Å². The van der Waals surface area contributed by atoms with Gasteiger partial charge in [-0.15, -0.1) is 0 Å². The van der Waals surface area contributed by atoms with Gasteiger partial charge in [-0.25, -0.2) is 0 Å². The van der Waals surface area contributed by atoms with Gasteiger partial charge in [-0.2, -0.15) is 0 Å². The molecule has 0 aliphatic heterocycles. The number of hydrogen-bond donors (Lipinski definition) is 0. The van der Waals surface area contributed by atoms with Crippen LogP contribution in [0.15, 0.2) is 23.6 Å². The molecule has 0 N–H and O–H groups in total. The molecular formula is C8H10N4O. The van der Waals surface area contributed by atoms with Crippen molar-refractivity contribution in [3.63, 3.8) is 0 Å². The lowest BCUT2D eigenvalue weighted by Crippen LogP contribution is -1.91. The van der Waals surface area contributed by atoms with E-state index < -0.39 is 0 Å². The summed E-state index contributed by atoms with van der Waals surface area (Å²) in [6.45, 7) is 0.450. The molecule has 0 unspecified atom stereocenters. The minimum Gasteiger partial charge on any atom is -0.495 e. The number of ether oxygens (including phenoxy) is 1. The number of pyridine rings is 1. The van der Waals surface area contributed by atoms with Crippen molar-refractivity contribution in [2.75, 3.05) is 13.7 Å². The Morgan fingerprint density at radius 3 is 3.15 bits per heavy atom. The Kier molecular flexibility index (Phi) is 3.60. The van der Waals surface area contributed by atoms with Crippen LogP contribution in [0.25, 0.3) is 10.4 Å². The Balaban J connectivity index is 2.60. The first-order chi connectivity index (χ1) is 6.36. The fourth-order valence-corrected chi connectivity index (χ4v) is 0.936. The van der Waals surface area contributed by atoms with Crippen molar-refractivity contribution in [2.24, 2.45) is 5.11 Å². The van der Waals surface area contributed by atoms with Crippen LogP contribution in [0.2, 0.25) is 0 Å². The van der Waals surface area contributed by atoms with E-state index in [0.29, 0.717) is 13.0 Å². The highest BCUT2D eigenvalue weighted by Gasteiger charge is 1.95. The second-order valence-electron chi connectivity index (χ2n) is 2.44. The number of rotatable bonds is 4. The Hall–Kier alpha value is -1.74. The first-order valence-electron chi connectivity index (χ1n) is 3.85. The third-order valence-corrected chi connectivity index (χ3v) is 1.57. The van der Waals surface area contributed by atoms with Crippen LogP contribution in [0.5, 0.6) is 5.75 Å². The summed E-state index contributed by atoms with van der Waals surface area (Å²) in [4.78, 5) is 6.64. The lowest BCUT2D eigenvalue weighted by atomic mass is 10.2. The summed E-state index contributed by atoms with van der Waals surface area (Å²) < 4.78 is 5.00. The van der Waals surface area contributed by atoms with Crippen LogP contribution in [0, 0.1) is 0 Å². The summed E-state index contributed by atoms with van der Waals surface area (Å²) in [5.41, 5.74) is 9.07. The van der Waals surface area contributed by atoms with Crippen molar-refractivity contribution in [2.45, 2.75) is 6.42 Å². The SMILES string of the molecule is COc1cncc(CCN=[N+]=[N-])c1. The smallest absolute Gasteiger partial charge is 0.137 e. The minimum absolute atomic E-state index is 0.450. The Labute approximate surface area is 76.0 Å². The third-order valence-electron chi connectivity index (χ3n) is 1.57. The van der Waals surface area contributed by atoms with Crippen molar-refractivity contribution in [1.82, 2.24) is 4.98 Å². The zero-order valence-corrected chi connectivity index (χ0v) is 7.34. The highest BCUT2D eigenvalue weighted by atomic mass is 16.5. The standard InChI is InChI=1S/C8H10N4O/c1-13-8-4-7(5-10-6-8)2-3-11-12-9/h4-6H,2-3H2,1H3. The van der Waals surface area contributed by atoms with Crippen molar-refractivity contribution < 1.29 is 4.74 Å². The van der Waals surface area contributed by atoms with Crippen molar-refractivity contribution in [3.8, 4) is 5.75 Å². The molecule has 0 bridgehead atoms. The molecule has 0 saturated heterocycles. The zero-order chi connectivity index (χ0) is 9.52. The number of nitrogens with zero attached hydrogens (tertiary/aromatic N) is 4. The molecule has 0 spiro atoms. The molecule has 0 amide bonds. The Bertz CT molecular complexity index is 320. The topological polar surface area (TPSA) is 70.9 Å². The molecular weight excluding hydrogens is 168 g/mol. The molecule has 0 aliphatic rings. The van der Waals surface area contributed by atoms with Gasteiger partial charge in [-0.05, 0) is 23.6 Å². The summed E-state index contributed by atoms with van der Waals surface area (Å²) in [7, 11) is 1.59. The zero-order valence-electron chi connectivity index (χ0n) is 7.34. The molecule has 0 saturated carbocycles. The van der Waals surface area contributed by atoms with Gasteiger partial charge in [-0.1, -0.05) is 5.11 Å². The molecule has 1 heterocycles.